The fourth-order valence-electron chi connectivity index (χ4n) is 2.76. The van der Waals surface area contributed by atoms with Gasteiger partial charge in [-0.2, -0.15) is 0 Å². The van der Waals surface area contributed by atoms with E-state index >= 15 is 0 Å². The molecule has 0 N–H and O–H groups in total. The second-order valence-electron chi connectivity index (χ2n) is 7.68. The van der Waals surface area contributed by atoms with E-state index in [2.05, 4.69) is 0 Å². The number of benzene rings is 2. The van der Waals surface area contributed by atoms with Crippen molar-refractivity contribution in [2.75, 3.05) is 0 Å². The predicted molar refractivity (Wildman–Crippen MR) is 103 cm³/mol. The van der Waals surface area contributed by atoms with E-state index in [-0.39, 0.29) is 12.4 Å². The zero-order valence-electron chi connectivity index (χ0n) is 15.7. The van der Waals surface area contributed by atoms with Gasteiger partial charge in [-0.3, -0.25) is 0 Å². The molecule has 1 heterocycles. The Hall–Kier alpha value is -1.56. The van der Waals surface area contributed by atoms with Crippen LogP contribution >= 0.6 is 11.6 Å². The lowest BCUT2D eigenvalue weighted by Gasteiger charge is -2.32. The summed E-state index contributed by atoms with van der Waals surface area (Å²) in [5, 5.41) is 0.600. The minimum absolute atomic E-state index is 0.228. The Morgan fingerprint density at radius 1 is 1.04 bits per heavy atom. The van der Waals surface area contributed by atoms with Crippen molar-refractivity contribution in [3.8, 4) is 5.75 Å². The largest absolute Gasteiger partial charge is 0.494 e. The molecule has 0 radical (unpaired) electrons. The highest BCUT2D eigenvalue weighted by atomic mass is 35.5. The van der Waals surface area contributed by atoms with Crippen molar-refractivity contribution in [3.63, 3.8) is 0 Å². The van der Waals surface area contributed by atoms with Crippen LogP contribution in [-0.4, -0.2) is 18.3 Å². The summed E-state index contributed by atoms with van der Waals surface area (Å²) in [6.07, 6.45) is 0. The molecule has 0 spiro atoms. The highest BCUT2D eigenvalue weighted by Crippen LogP contribution is 2.36. The summed E-state index contributed by atoms with van der Waals surface area (Å²) in [5.74, 6) is 0.331. The third-order valence-corrected chi connectivity index (χ3v) is 5.28. The van der Waals surface area contributed by atoms with E-state index in [9.17, 15) is 4.39 Å². The van der Waals surface area contributed by atoms with Crippen LogP contribution in [0.2, 0.25) is 5.02 Å². The Bertz CT molecular complexity index is 807. The lowest BCUT2D eigenvalue weighted by Crippen LogP contribution is -2.41. The topological polar surface area (TPSA) is 27.7 Å². The van der Waals surface area contributed by atoms with E-state index in [0.717, 1.165) is 5.56 Å². The lowest BCUT2D eigenvalue weighted by molar-refractivity contribution is 0.00578. The summed E-state index contributed by atoms with van der Waals surface area (Å²) in [5.41, 5.74) is 1.37. The Kier molecular flexibility index (Phi) is 5.08. The third-order valence-electron chi connectivity index (χ3n) is 5.05. The maximum Gasteiger partial charge on any atom is 0.494 e. The van der Waals surface area contributed by atoms with Crippen molar-refractivity contribution in [3.05, 3.63) is 58.4 Å². The van der Waals surface area contributed by atoms with Crippen molar-refractivity contribution >= 4 is 24.2 Å². The van der Waals surface area contributed by atoms with Gasteiger partial charge in [0.1, 0.15) is 18.2 Å². The van der Waals surface area contributed by atoms with Crippen LogP contribution in [-0.2, 0) is 15.9 Å². The zero-order valence-corrected chi connectivity index (χ0v) is 16.5. The summed E-state index contributed by atoms with van der Waals surface area (Å²) in [4.78, 5) is 0. The Morgan fingerprint density at radius 2 is 1.69 bits per heavy atom. The number of ether oxygens (including phenoxy) is 1. The number of rotatable bonds is 4. The Labute approximate surface area is 159 Å². The van der Waals surface area contributed by atoms with E-state index in [1.807, 2.05) is 52.8 Å². The van der Waals surface area contributed by atoms with Crippen molar-refractivity contribution in [1.82, 2.24) is 0 Å². The first-order valence-electron chi connectivity index (χ1n) is 8.61. The van der Waals surface area contributed by atoms with Gasteiger partial charge in [-0.25, -0.2) is 4.39 Å². The third kappa shape index (κ3) is 3.90. The predicted octanol–water partition coefficient (Wildman–Crippen LogP) is 4.67. The van der Waals surface area contributed by atoms with Crippen molar-refractivity contribution in [1.29, 1.82) is 0 Å². The van der Waals surface area contributed by atoms with Crippen LogP contribution in [0.5, 0.6) is 5.75 Å². The van der Waals surface area contributed by atoms with Crippen LogP contribution in [0.4, 0.5) is 4.39 Å². The highest BCUT2D eigenvalue weighted by molar-refractivity contribution is 6.62. The van der Waals surface area contributed by atoms with E-state index < -0.39 is 18.3 Å². The van der Waals surface area contributed by atoms with Gasteiger partial charge in [-0.1, -0.05) is 23.7 Å². The van der Waals surface area contributed by atoms with Crippen LogP contribution in [0.25, 0.3) is 0 Å². The quantitative estimate of drug-likeness (QED) is 0.726. The maximum atomic E-state index is 14.1. The first kappa shape index (κ1) is 19.2. The van der Waals surface area contributed by atoms with Crippen LogP contribution in [0.15, 0.2) is 36.4 Å². The monoisotopic (exact) mass is 376 g/mol. The van der Waals surface area contributed by atoms with Gasteiger partial charge in [0.25, 0.3) is 0 Å². The van der Waals surface area contributed by atoms with Gasteiger partial charge in [0.15, 0.2) is 0 Å². The van der Waals surface area contributed by atoms with E-state index in [1.54, 1.807) is 6.07 Å². The Morgan fingerprint density at radius 3 is 2.35 bits per heavy atom. The molecule has 138 valence electrons. The molecule has 1 aliphatic heterocycles. The number of halogens is 2. The molecule has 0 unspecified atom stereocenters. The van der Waals surface area contributed by atoms with Crippen molar-refractivity contribution in [2.45, 2.75) is 52.4 Å². The van der Waals surface area contributed by atoms with Gasteiger partial charge in [0, 0.05) is 5.02 Å². The average Bonchev–Trinajstić information content (AvgIpc) is 2.76. The van der Waals surface area contributed by atoms with Gasteiger partial charge in [-0.15, -0.1) is 0 Å². The van der Waals surface area contributed by atoms with Crippen LogP contribution in [0.1, 0.15) is 38.8 Å². The van der Waals surface area contributed by atoms with E-state index in [0.29, 0.717) is 21.8 Å². The minimum Gasteiger partial charge on any atom is -0.489 e. The van der Waals surface area contributed by atoms with Gasteiger partial charge in [-0.05, 0) is 75.5 Å². The van der Waals surface area contributed by atoms with Crippen molar-refractivity contribution < 1.29 is 18.4 Å². The molecule has 2 aromatic rings. The molecule has 1 saturated heterocycles. The van der Waals surface area contributed by atoms with E-state index in [4.69, 9.17) is 25.6 Å². The molecule has 0 aliphatic carbocycles. The lowest BCUT2D eigenvalue weighted by atomic mass is 9.78. The fraction of sp³-hybridized carbons (Fsp3) is 0.400. The van der Waals surface area contributed by atoms with Crippen LogP contribution in [0, 0.1) is 12.7 Å². The number of hydrogen-bond donors (Lipinski definition) is 0. The molecule has 0 amide bonds. The first-order valence-corrected chi connectivity index (χ1v) is 8.99. The van der Waals surface area contributed by atoms with Gasteiger partial charge in [0.2, 0.25) is 0 Å². The standard InChI is InChI=1S/C20H23BClFO3/c1-13-6-7-16(22)11-18(13)24-12-14-8-15(10-17(23)9-14)21-25-19(2,3)20(4,5)26-21/h6-11H,12H2,1-5H3. The molecule has 0 bridgehead atoms. The molecule has 0 saturated carbocycles. The van der Waals surface area contributed by atoms with E-state index in [1.165, 1.54) is 12.1 Å². The number of hydrogen-bond acceptors (Lipinski definition) is 3. The van der Waals surface area contributed by atoms with Crippen molar-refractivity contribution in [2.24, 2.45) is 0 Å². The second kappa shape index (κ2) is 6.88. The molecule has 3 rings (SSSR count). The summed E-state index contributed by atoms with van der Waals surface area (Å²) in [6, 6.07) is 10.2. The second-order valence-corrected chi connectivity index (χ2v) is 8.12. The van der Waals surface area contributed by atoms with Crippen LogP contribution in [0.3, 0.4) is 0 Å². The molecule has 1 aliphatic rings. The van der Waals surface area contributed by atoms with Gasteiger partial charge < -0.3 is 14.0 Å². The molecule has 1 fully saturated rings. The van der Waals surface area contributed by atoms with Crippen LogP contribution < -0.4 is 10.2 Å². The molecular formula is C20H23BClFO3. The molecule has 2 aromatic carbocycles. The number of aryl methyl sites for hydroxylation is 1. The van der Waals surface area contributed by atoms with Gasteiger partial charge >= 0.3 is 7.12 Å². The maximum absolute atomic E-state index is 14.1. The first-order chi connectivity index (χ1) is 12.1. The Balaban J connectivity index is 1.79. The van der Waals surface area contributed by atoms with Gasteiger partial charge in [0.05, 0.1) is 11.2 Å². The normalized spacial score (nSPS) is 18.2. The molecule has 3 nitrogen and oxygen atoms in total. The SMILES string of the molecule is Cc1ccc(Cl)cc1OCc1cc(F)cc(B2OC(C)(C)C(C)(C)O2)c1. The zero-order chi connectivity index (χ0) is 19.1. The molecule has 0 atom stereocenters. The smallest absolute Gasteiger partial charge is 0.489 e. The molecular weight excluding hydrogens is 353 g/mol. The summed E-state index contributed by atoms with van der Waals surface area (Å²) < 4.78 is 32.0. The molecule has 6 heteroatoms. The fourth-order valence-corrected chi connectivity index (χ4v) is 2.93. The summed E-state index contributed by atoms with van der Waals surface area (Å²) in [7, 11) is -0.609. The highest BCUT2D eigenvalue weighted by Gasteiger charge is 2.51. The average molecular weight is 377 g/mol. The summed E-state index contributed by atoms with van der Waals surface area (Å²) >= 11 is 6.02. The summed E-state index contributed by atoms with van der Waals surface area (Å²) in [6.45, 7) is 10.0. The molecule has 0 aromatic heterocycles. The minimum atomic E-state index is -0.609. The molecule has 26 heavy (non-hydrogen) atoms.